The van der Waals surface area contributed by atoms with Gasteiger partial charge in [0.1, 0.15) is 0 Å². The minimum atomic E-state index is -2.08. The number of hydrogen-bond donors (Lipinski definition) is 2. The van der Waals surface area contributed by atoms with Crippen molar-refractivity contribution in [2.24, 2.45) is 0 Å². The van der Waals surface area contributed by atoms with Crippen LogP contribution in [-0.2, 0) is 20.9 Å². The Balaban J connectivity index is 1.56. The molecule has 38 heavy (non-hydrogen) atoms. The first-order chi connectivity index (χ1) is 18.1. The highest BCUT2D eigenvalue weighted by Crippen LogP contribution is 2.39. The molecule has 1 fully saturated rings. The Morgan fingerprint density at radius 1 is 1.03 bits per heavy atom. The van der Waals surface area contributed by atoms with Crippen molar-refractivity contribution in [3.8, 4) is 0 Å². The van der Waals surface area contributed by atoms with E-state index in [1.54, 1.807) is 18.2 Å². The number of likely N-dealkylation sites (N-methyl/N-ethyl adjacent to an activating group) is 1. The van der Waals surface area contributed by atoms with Crippen LogP contribution in [0.3, 0.4) is 0 Å². The second kappa shape index (κ2) is 12.8. The van der Waals surface area contributed by atoms with E-state index in [-0.39, 0.29) is 24.9 Å². The predicted octanol–water partition coefficient (Wildman–Crippen LogP) is 6.73. The molecule has 202 valence electrons. The van der Waals surface area contributed by atoms with E-state index in [1.165, 1.54) is 5.56 Å². The zero-order chi connectivity index (χ0) is 27.3. The van der Waals surface area contributed by atoms with Crippen molar-refractivity contribution in [1.29, 1.82) is 0 Å². The molecule has 1 amide bonds. The van der Waals surface area contributed by atoms with Crippen molar-refractivity contribution < 1.29 is 19.4 Å². The third-order valence-electron chi connectivity index (χ3n) is 6.72. The van der Waals surface area contributed by atoms with Crippen LogP contribution in [0.2, 0.25) is 0 Å². The van der Waals surface area contributed by atoms with Crippen LogP contribution in [0, 0.1) is 0 Å². The fraction of sp³-hybridized carbons (Fsp3) is 0.345. The molecule has 0 saturated carbocycles. The molecule has 9 heteroatoms. The lowest BCUT2D eigenvalue weighted by atomic mass is 9.99. The van der Waals surface area contributed by atoms with Gasteiger partial charge in [-0.1, -0.05) is 102 Å². The number of anilines is 1. The number of aliphatic hydroxyl groups is 1. The maximum absolute atomic E-state index is 12.2. The van der Waals surface area contributed by atoms with Crippen molar-refractivity contribution >= 4 is 46.4 Å². The number of aliphatic hydroxyl groups excluding tert-OH is 1. The summed E-state index contributed by atoms with van der Waals surface area (Å²) in [5.74, 6) is -0.749. The Morgan fingerprint density at radius 2 is 1.74 bits per heavy atom. The third-order valence-corrected chi connectivity index (χ3v) is 7.24. The lowest BCUT2D eigenvalue weighted by molar-refractivity contribution is -0.253. The fourth-order valence-corrected chi connectivity index (χ4v) is 4.61. The van der Waals surface area contributed by atoms with Crippen LogP contribution in [-0.4, -0.2) is 39.4 Å². The second-order valence-electron chi connectivity index (χ2n) is 9.45. The molecule has 0 aromatic heterocycles. The van der Waals surface area contributed by atoms with Crippen LogP contribution >= 0.6 is 34.8 Å². The molecule has 0 radical (unpaired) electrons. The van der Waals surface area contributed by atoms with E-state index in [4.69, 9.17) is 44.3 Å². The van der Waals surface area contributed by atoms with E-state index in [2.05, 4.69) is 36.3 Å². The monoisotopic (exact) mass is 576 g/mol. The van der Waals surface area contributed by atoms with Crippen LogP contribution in [0.1, 0.15) is 54.0 Å². The van der Waals surface area contributed by atoms with Gasteiger partial charge in [0.05, 0.1) is 18.8 Å². The number of carbonyl (C=O) groups excluding carboxylic acids is 1. The maximum atomic E-state index is 12.2. The molecule has 0 spiro atoms. The van der Waals surface area contributed by atoms with Gasteiger partial charge in [0, 0.05) is 30.3 Å². The number of carbonyl (C=O) groups is 1. The molecule has 3 aromatic rings. The highest BCUT2D eigenvalue weighted by Gasteiger charge is 2.34. The van der Waals surface area contributed by atoms with Gasteiger partial charge in [0.2, 0.25) is 0 Å². The van der Waals surface area contributed by atoms with Crippen LogP contribution in [0.4, 0.5) is 5.69 Å². The zero-order valence-electron chi connectivity index (χ0n) is 21.2. The molecular formula is C29H31Cl3N2O4. The van der Waals surface area contributed by atoms with Gasteiger partial charge in [-0.05, 0) is 42.8 Å². The van der Waals surface area contributed by atoms with Crippen molar-refractivity contribution in [2.75, 3.05) is 18.9 Å². The standard InChI is InChI=1S/C29H31Cl3N2O4/c1-19(21-7-4-3-5-8-21)34(2)17-25-16-26(22-13-11-20(18-35)12-14-22)38-27(37-25)23-9-6-10-24(15-23)33-28(36)29(30,31)32/h3-15,19,25-27,35H,16-18H2,1-2H3,(H,33,36)/t19-,25-,26+,27+/m0/s1. The largest absolute Gasteiger partial charge is 0.392 e. The van der Waals surface area contributed by atoms with E-state index in [1.807, 2.05) is 48.5 Å². The summed E-state index contributed by atoms with van der Waals surface area (Å²) in [5.41, 5.74) is 4.26. The van der Waals surface area contributed by atoms with Crippen LogP contribution in [0.25, 0.3) is 0 Å². The van der Waals surface area contributed by atoms with Crippen molar-refractivity contribution in [2.45, 2.75) is 48.3 Å². The number of hydrogen-bond acceptors (Lipinski definition) is 5. The van der Waals surface area contributed by atoms with Gasteiger partial charge in [-0.2, -0.15) is 0 Å². The van der Waals surface area contributed by atoms with Crippen LogP contribution in [0.15, 0.2) is 78.9 Å². The molecule has 3 aromatic carbocycles. The first-order valence-electron chi connectivity index (χ1n) is 12.4. The molecule has 0 aliphatic carbocycles. The van der Waals surface area contributed by atoms with Gasteiger partial charge in [-0.15, -0.1) is 0 Å². The van der Waals surface area contributed by atoms with E-state index >= 15 is 0 Å². The zero-order valence-corrected chi connectivity index (χ0v) is 23.5. The lowest BCUT2D eigenvalue weighted by Gasteiger charge is -2.39. The average molecular weight is 578 g/mol. The summed E-state index contributed by atoms with van der Waals surface area (Å²) in [6.07, 6.45) is -0.385. The fourth-order valence-electron chi connectivity index (χ4n) is 4.46. The minimum Gasteiger partial charge on any atom is -0.392 e. The number of nitrogens with one attached hydrogen (secondary N) is 1. The van der Waals surface area contributed by atoms with Gasteiger partial charge in [0.25, 0.3) is 9.70 Å². The van der Waals surface area contributed by atoms with E-state index in [0.717, 1.165) is 16.7 Å². The van der Waals surface area contributed by atoms with E-state index < -0.39 is 16.0 Å². The number of halogens is 3. The van der Waals surface area contributed by atoms with Gasteiger partial charge in [-0.3, -0.25) is 9.69 Å². The topological polar surface area (TPSA) is 71.0 Å². The predicted molar refractivity (Wildman–Crippen MR) is 151 cm³/mol. The number of benzene rings is 3. The molecule has 0 bridgehead atoms. The lowest BCUT2D eigenvalue weighted by Crippen LogP contribution is -2.38. The van der Waals surface area contributed by atoms with Gasteiger partial charge in [0.15, 0.2) is 6.29 Å². The number of rotatable bonds is 8. The van der Waals surface area contributed by atoms with Crippen LogP contribution < -0.4 is 5.32 Å². The summed E-state index contributed by atoms with van der Waals surface area (Å²) in [6.45, 7) is 2.84. The van der Waals surface area contributed by atoms with Gasteiger partial charge >= 0.3 is 0 Å². The normalized spacial score (nSPS) is 20.8. The highest BCUT2D eigenvalue weighted by molar-refractivity contribution is 6.76. The first kappa shape index (κ1) is 28.8. The number of ether oxygens (including phenoxy) is 2. The van der Waals surface area contributed by atoms with Gasteiger partial charge < -0.3 is 19.9 Å². The molecule has 0 unspecified atom stereocenters. The van der Waals surface area contributed by atoms with E-state index in [9.17, 15) is 9.90 Å². The third kappa shape index (κ3) is 7.48. The Morgan fingerprint density at radius 3 is 2.39 bits per heavy atom. The Hall–Kier alpha value is -2.16. The molecule has 1 heterocycles. The quantitative estimate of drug-likeness (QED) is 0.291. The summed E-state index contributed by atoms with van der Waals surface area (Å²) >= 11 is 17.2. The molecule has 6 nitrogen and oxygen atoms in total. The second-order valence-corrected chi connectivity index (χ2v) is 11.7. The first-order valence-corrected chi connectivity index (χ1v) is 13.5. The molecule has 4 atom stereocenters. The van der Waals surface area contributed by atoms with Crippen molar-refractivity contribution in [1.82, 2.24) is 4.90 Å². The number of nitrogens with zero attached hydrogens (tertiary/aromatic N) is 1. The van der Waals surface area contributed by atoms with Crippen molar-refractivity contribution in [3.05, 3.63) is 101 Å². The van der Waals surface area contributed by atoms with E-state index in [0.29, 0.717) is 18.7 Å². The molecule has 4 rings (SSSR count). The molecule has 1 saturated heterocycles. The Labute approximate surface area is 238 Å². The van der Waals surface area contributed by atoms with Crippen molar-refractivity contribution in [3.63, 3.8) is 0 Å². The molecule has 1 aliphatic heterocycles. The summed E-state index contributed by atoms with van der Waals surface area (Å²) in [7, 11) is 2.09. The molecule has 1 aliphatic rings. The number of amides is 1. The summed E-state index contributed by atoms with van der Waals surface area (Å²) in [6, 6.07) is 25.4. The average Bonchev–Trinajstić information content (AvgIpc) is 2.92. The molecular weight excluding hydrogens is 547 g/mol. The maximum Gasteiger partial charge on any atom is 0.276 e. The smallest absolute Gasteiger partial charge is 0.276 e. The number of alkyl halides is 3. The highest BCUT2D eigenvalue weighted by atomic mass is 35.6. The van der Waals surface area contributed by atoms with Gasteiger partial charge in [-0.25, -0.2) is 0 Å². The van der Waals surface area contributed by atoms with Crippen LogP contribution in [0.5, 0.6) is 0 Å². The summed E-state index contributed by atoms with van der Waals surface area (Å²) < 4.78 is 10.8. The molecule has 2 N–H and O–H groups in total. The Bertz CT molecular complexity index is 1200. The minimum absolute atomic E-state index is 0.0188. The SMILES string of the molecule is C[C@@H](c1ccccc1)N(C)C[C@@H]1C[C@H](c2ccc(CO)cc2)O[C@H](c2cccc(NC(=O)C(Cl)(Cl)Cl)c2)O1. The summed E-state index contributed by atoms with van der Waals surface area (Å²) in [5, 5.41) is 12.1. The summed E-state index contributed by atoms with van der Waals surface area (Å²) in [4.78, 5) is 14.4. The Kier molecular flexibility index (Phi) is 9.71.